The van der Waals surface area contributed by atoms with Crippen molar-refractivity contribution < 1.29 is 9.18 Å². The number of carbonyl (C=O) groups is 1. The Bertz CT molecular complexity index is 858. The standard InChI is InChI=1S/C20H16FNOS/c21-16-9-7-15(8-10-16)19-17-5-2-1-4-14(17)11-12-22(19)20(23)18-6-3-13-24-18/h1-10,13,19H,11-12H2. The van der Waals surface area contributed by atoms with Gasteiger partial charge in [0.1, 0.15) is 5.82 Å². The molecule has 2 aromatic carbocycles. The number of rotatable bonds is 2. The molecule has 1 aliphatic heterocycles. The third kappa shape index (κ3) is 2.63. The number of thiophene rings is 1. The van der Waals surface area contributed by atoms with Gasteiger partial charge in [0.05, 0.1) is 10.9 Å². The first-order chi connectivity index (χ1) is 11.7. The molecule has 2 heterocycles. The average molecular weight is 337 g/mol. The first kappa shape index (κ1) is 15.1. The van der Waals surface area contributed by atoms with Crippen LogP contribution in [0.25, 0.3) is 0 Å². The van der Waals surface area contributed by atoms with Gasteiger partial charge in [0.25, 0.3) is 5.91 Å². The molecule has 0 radical (unpaired) electrons. The number of amides is 1. The fourth-order valence-electron chi connectivity index (χ4n) is 3.33. The molecule has 1 atom stereocenters. The van der Waals surface area contributed by atoms with Gasteiger partial charge in [-0.2, -0.15) is 0 Å². The highest BCUT2D eigenvalue weighted by Crippen LogP contribution is 2.36. The minimum absolute atomic E-state index is 0.0360. The fraction of sp³-hybridized carbons (Fsp3) is 0.150. The Hall–Kier alpha value is -2.46. The SMILES string of the molecule is O=C(c1cccs1)N1CCc2ccccc2C1c1ccc(F)cc1. The number of hydrogen-bond donors (Lipinski definition) is 0. The highest BCUT2D eigenvalue weighted by molar-refractivity contribution is 7.12. The maximum Gasteiger partial charge on any atom is 0.264 e. The van der Waals surface area contributed by atoms with Gasteiger partial charge in [-0.15, -0.1) is 11.3 Å². The molecule has 1 aromatic heterocycles. The van der Waals surface area contributed by atoms with Gasteiger partial charge in [0, 0.05) is 6.54 Å². The van der Waals surface area contributed by atoms with Crippen molar-refractivity contribution in [1.29, 1.82) is 0 Å². The number of fused-ring (bicyclic) bond motifs is 1. The summed E-state index contributed by atoms with van der Waals surface area (Å²) in [7, 11) is 0. The lowest BCUT2D eigenvalue weighted by atomic mass is 9.88. The maximum atomic E-state index is 13.3. The van der Waals surface area contributed by atoms with E-state index in [0.29, 0.717) is 6.54 Å². The molecule has 0 fully saturated rings. The van der Waals surface area contributed by atoms with Crippen LogP contribution in [0.15, 0.2) is 66.0 Å². The van der Waals surface area contributed by atoms with Crippen molar-refractivity contribution in [1.82, 2.24) is 4.90 Å². The van der Waals surface area contributed by atoms with Crippen molar-refractivity contribution in [3.63, 3.8) is 0 Å². The van der Waals surface area contributed by atoms with Crippen LogP contribution >= 0.6 is 11.3 Å². The van der Waals surface area contributed by atoms with Gasteiger partial charge >= 0.3 is 0 Å². The molecule has 24 heavy (non-hydrogen) atoms. The van der Waals surface area contributed by atoms with Gasteiger partial charge in [-0.25, -0.2) is 4.39 Å². The molecule has 1 aliphatic rings. The Morgan fingerprint density at radius 2 is 1.83 bits per heavy atom. The van der Waals surface area contributed by atoms with Gasteiger partial charge in [0.15, 0.2) is 0 Å². The fourth-order valence-corrected chi connectivity index (χ4v) is 4.01. The van der Waals surface area contributed by atoms with E-state index in [-0.39, 0.29) is 17.8 Å². The smallest absolute Gasteiger partial charge is 0.264 e. The monoisotopic (exact) mass is 337 g/mol. The Kier molecular flexibility index (Phi) is 3.90. The molecule has 2 nitrogen and oxygen atoms in total. The van der Waals surface area contributed by atoms with Crippen LogP contribution in [-0.2, 0) is 6.42 Å². The molecule has 120 valence electrons. The second-order valence-electron chi connectivity index (χ2n) is 5.88. The number of halogens is 1. The van der Waals surface area contributed by atoms with Crippen LogP contribution in [0.4, 0.5) is 4.39 Å². The lowest BCUT2D eigenvalue weighted by molar-refractivity contribution is 0.0699. The summed E-state index contributed by atoms with van der Waals surface area (Å²) in [6.45, 7) is 0.662. The van der Waals surface area contributed by atoms with Crippen LogP contribution in [-0.4, -0.2) is 17.4 Å². The van der Waals surface area contributed by atoms with E-state index in [1.165, 1.54) is 29.0 Å². The van der Waals surface area contributed by atoms with Gasteiger partial charge in [0.2, 0.25) is 0 Å². The van der Waals surface area contributed by atoms with Crippen LogP contribution in [0.1, 0.15) is 32.4 Å². The van der Waals surface area contributed by atoms with E-state index in [1.807, 2.05) is 34.5 Å². The average Bonchev–Trinajstić information content (AvgIpc) is 3.16. The predicted octanol–water partition coefficient (Wildman–Crippen LogP) is 4.68. The van der Waals surface area contributed by atoms with Crippen LogP contribution < -0.4 is 0 Å². The second-order valence-corrected chi connectivity index (χ2v) is 6.83. The molecular weight excluding hydrogens is 321 g/mol. The third-order valence-electron chi connectivity index (χ3n) is 4.46. The molecule has 3 aromatic rings. The van der Waals surface area contributed by atoms with E-state index >= 15 is 0 Å². The van der Waals surface area contributed by atoms with Crippen LogP contribution in [0, 0.1) is 5.82 Å². The van der Waals surface area contributed by atoms with Crippen molar-refractivity contribution in [2.24, 2.45) is 0 Å². The van der Waals surface area contributed by atoms with Gasteiger partial charge < -0.3 is 4.90 Å². The zero-order valence-electron chi connectivity index (χ0n) is 13.0. The Balaban J connectivity index is 1.81. The molecule has 0 aliphatic carbocycles. The van der Waals surface area contributed by atoms with Gasteiger partial charge in [-0.05, 0) is 46.7 Å². The van der Waals surface area contributed by atoms with E-state index in [1.54, 1.807) is 12.1 Å². The largest absolute Gasteiger partial charge is 0.326 e. The van der Waals surface area contributed by atoms with Crippen molar-refractivity contribution in [2.75, 3.05) is 6.54 Å². The van der Waals surface area contributed by atoms with E-state index in [4.69, 9.17) is 0 Å². The summed E-state index contributed by atoms with van der Waals surface area (Å²) in [5, 5.41) is 1.91. The quantitative estimate of drug-likeness (QED) is 0.665. The lowest BCUT2D eigenvalue weighted by Gasteiger charge is -2.37. The number of nitrogens with zero attached hydrogens (tertiary/aromatic N) is 1. The summed E-state index contributed by atoms with van der Waals surface area (Å²) in [6, 6.07) is 18.2. The summed E-state index contributed by atoms with van der Waals surface area (Å²) in [4.78, 5) is 15.6. The molecule has 0 saturated carbocycles. The van der Waals surface area contributed by atoms with E-state index in [2.05, 4.69) is 12.1 Å². The summed E-state index contributed by atoms with van der Waals surface area (Å²) < 4.78 is 13.3. The minimum atomic E-state index is -0.265. The number of hydrogen-bond acceptors (Lipinski definition) is 2. The van der Waals surface area contributed by atoms with E-state index < -0.39 is 0 Å². The van der Waals surface area contributed by atoms with Crippen molar-refractivity contribution >= 4 is 17.2 Å². The highest BCUT2D eigenvalue weighted by atomic mass is 32.1. The number of benzene rings is 2. The molecule has 0 spiro atoms. The normalized spacial score (nSPS) is 16.7. The molecule has 0 saturated heterocycles. The van der Waals surface area contributed by atoms with Crippen LogP contribution in [0.2, 0.25) is 0 Å². The Morgan fingerprint density at radius 1 is 1.04 bits per heavy atom. The van der Waals surface area contributed by atoms with E-state index in [0.717, 1.165) is 22.4 Å². The van der Waals surface area contributed by atoms with Crippen molar-refractivity contribution in [3.05, 3.63) is 93.4 Å². The summed E-state index contributed by atoms with van der Waals surface area (Å²) in [5.74, 6) is -0.229. The first-order valence-corrected chi connectivity index (χ1v) is 8.80. The number of carbonyl (C=O) groups excluding carboxylic acids is 1. The zero-order valence-corrected chi connectivity index (χ0v) is 13.8. The Morgan fingerprint density at radius 3 is 2.58 bits per heavy atom. The molecule has 0 N–H and O–H groups in total. The molecule has 4 rings (SSSR count). The molecule has 0 bridgehead atoms. The van der Waals surface area contributed by atoms with Crippen LogP contribution in [0.5, 0.6) is 0 Å². The molecule has 1 amide bonds. The van der Waals surface area contributed by atoms with Crippen molar-refractivity contribution in [2.45, 2.75) is 12.5 Å². The third-order valence-corrected chi connectivity index (χ3v) is 5.32. The predicted molar refractivity (Wildman–Crippen MR) is 93.7 cm³/mol. The van der Waals surface area contributed by atoms with Crippen molar-refractivity contribution in [3.8, 4) is 0 Å². The topological polar surface area (TPSA) is 20.3 Å². The molecular formula is C20H16FNOS. The minimum Gasteiger partial charge on any atom is -0.326 e. The van der Waals surface area contributed by atoms with E-state index in [9.17, 15) is 9.18 Å². The van der Waals surface area contributed by atoms with Crippen LogP contribution in [0.3, 0.4) is 0 Å². The highest BCUT2D eigenvalue weighted by Gasteiger charge is 2.32. The second kappa shape index (κ2) is 6.21. The zero-order chi connectivity index (χ0) is 16.5. The van der Waals surface area contributed by atoms with Gasteiger partial charge in [-0.1, -0.05) is 42.5 Å². The van der Waals surface area contributed by atoms with Gasteiger partial charge in [-0.3, -0.25) is 4.79 Å². The summed E-state index contributed by atoms with van der Waals surface area (Å²) in [5.41, 5.74) is 3.32. The Labute approximate surface area is 144 Å². The summed E-state index contributed by atoms with van der Waals surface area (Å²) in [6.07, 6.45) is 0.838. The summed E-state index contributed by atoms with van der Waals surface area (Å²) >= 11 is 1.45. The maximum absolute atomic E-state index is 13.3. The lowest BCUT2D eigenvalue weighted by Crippen LogP contribution is -2.40. The first-order valence-electron chi connectivity index (χ1n) is 7.92. The molecule has 4 heteroatoms. The molecule has 1 unspecified atom stereocenters.